The summed E-state index contributed by atoms with van der Waals surface area (Å²) in [4.78, 5) is 8.92. The Morgan fingerprint density at radius 3 is 1.84 bits per heavy atom. The molecule has 0 aliphatic carbocycles. The van der Waals surface area contributed by atoms with Crippen molar-refractivity contribution in [2.24, 2.45) is 0 Å². The highest BCUT2D eigenvalue weighted by molar-refractivity contribution is 7.92. The van der Waals surface area contributed by atoms with Crippen LogP contribution < -0.4 is 15.8 Å². The average Bonchev–Trinajstić information content (AvgIpc) is 2.87. The van der Waals surface area contributed by atoms with Crippen molar-refractivity contribution < 1.29 is 52.1 Å². The minimum absolute atomic E-state index is 0.0447. The fourth-order valence-corrected chi connectivity index (χ4v) is 7.00. The number of sulfonamides is 1. The maximum atomic E-state index is 13.5. The van der Waals surface area contributed by atoms with Crippen molar-refractivity contribution in [2.75, 3.05) is 15.8 Å². The van der Waals surface area contributed by atoms with Crippen LogP contribution in [0, 0.1) is 6.92 Å². The number of rotatable bonds is 8. The first-order valence-electron chi connectivity index (χ1n) is 11.5. The van der Waals surface area contributed by atoms with Gasteiger partial charge in [0.25, 0.3) is 46.3 Å². The van der Waals surface area contributed by atoms with Crippen LogP contribution in [0.2, 0.25) is 0 Å². The molecule has 19 heteroatoms. The van der Waals surface area contributed by atoms with E-state index in [1.54, 1.807) is 13.0 Å². The fraction of sp³-hybridized carbons (Fsp3) is 0.0417. The summed E-state index contributed by atoms with van der Waals surface area (Å²) in [6.07, 6.45) is 0. The summed E-state index contributed by atoms with van der Waals surface area (Å²) in [5.74, 6) is -0.628. The van der Waals surface area contributed by atoms with Gasteiger partial charge in [0.05, 0.1) is 20.4 Å². The number of anilines is 3. The lowest BCUT2D eigenvalue weighted by molar-refractivity contribution is 0.102. The van der Waals surface area contributed by atoms with E-state index in [2.05, 4.69) is 5.32 Å². The smallest absolute Gasteiger partial charge is 0.295 e. The molecule has 0 fully saturated rings. The number of fused-ring (bicyclic) bond motifs is 1. The number of carbonyl (C=O) groups is 1. The number of hydrogen-bond donors (Lipinski definition) is 6. The molecule has 0 aromatic heterocycles. The molecule has 0 atom stereocenters. The Labute approximate surface area is 245 Å². The van der Waals surface area contributed by atoms with Crippen LogP contribution in [-0.4, -0.2) is 53.2 Å². The van der Waals surface area contributed by atoms with Gasteiger partial charge in [-0.05, 0) is 72.5 Å². The molecule has 0 unspecified atom stereocenters. The predicted octanol–water partition coefficient (Wildman–Crippen LogP) is 2.52. The zero-order valence-electron chi connectivity index (χ0n) is 21.6. The summed E-state index contributed by atoms with van der Waals surface area (Å²) in [7, 11) is -20.3. The molecule has 0 spiro atoms. The molecule has 15 nitrogen and oxygen atoms in total. The highest BCUT2D eigenvalue weighted by Gasteiger charge is 2.27. The SMILES string of the molecule is Cc1ccc(S(=O)(=O)Nc2cc(S(=O)(=O)O)cc3cc(S(=O)(=O)O)cc(S(=O)(=O)O)c23)cc1NC(=O)c1cccc(N)c1. The second kappa shape index (κ2) is 10.9. The Morgan fingerprint density at radius 2 is 1.28 bits per heavy atom. The van der Waals surface area contributed by atoms with E-state index in [0.29, 0.717) is 35.5 Å². The predicted molar refractivity (Wildman–Crippen MR) is 154 cm³/mol. The first kappa shape index (κ1) is 31.8. The van der Waals surface area contributed by atoms with Gasteiger partial charge in [-0.3, -0.25) is 23.2 Å². The maximum absolute atomic E-state index is 13.5. The van der Waals surface area contributed by atoms with E-state index >= 15 is 0 Å². The summed E-state index contributed by atoms with van der Waals surface area (Å²) in [5, 5.41) is 1.23. The van der Waals surface area contributed by atoms with Crippen LogP contribution in [0.1, 0.15) is 15.9 Å². The van der Waals surface area contributed by atoms with Crippen molar-refractivity contribution in [3.63, 3.8) is 0 Å². The molecular weight excluding hydrogens is 651 g/mol. The number of hydrogen-bond acceptors (Lipinski definition) is 10. The van der Waals surface area contributed by atoms with Gasteiger partial charge in [-0.2, -0.15) is 25.3 Å². The van der Waals surface area contributed by atoms with Crippen LogP contribution in [0.25, 0.3) is 10.8 Å². The van der Waals surface area contributed by atoms with E-state index in [1.165, 1.54) is 24.3 Å². The average molecular weight is 672 g/mol. The Hall–Kier alpha value is -4.11. The zero-order chi connectivity index (χ0) is 32.1. The van der Waals surface area contributed by atoms with Gasteiger partial charge in [-0.1, -0.05) is 12.1 Å². The van der Waals surface area contributed by atoms with Gasteiger partial charge in [0.2, 0.25) is 0 Å². The molecule has 0 radical (unpaired) electrons. The zero-order valence-corrected chi connectivity index (χ0v) is 24.8. The lowest BCUT2D eigenvalue weighted by Crippen LogP contribution is -2.17. The topological polar surface area (TPSA) is 264 Å². The minimum Gasteiger partial charge on any atom is -0.399 e. The molecule has 7 N–H and O–H groups in total. The molecule has 0 saturated heterocycles. The number of nitrogens with two attached hydrogens (primary N) is 1. The van der Waals surface area contributed by atoms with Crippen molar-refractivity contribution >= 4 is 74.1 Å². The molecule has 228 valence electrons. The molecule has 0 heterocycles. The number of benzene rings is 4. The Balaban J connectivity index is 1.90. The molecule has 4 aromatic rings. The number of amides is 1. The largest absolute Gasteiger partial charge is 0.399 e. The summed E-state index contributed by atoms with van der Waals surface area (Å²) in [6, 6.07) is 11.5. The highest BCUT2D eigenvalue weighted by atomic mass is 32.2. The van der Waals surface area contributed by atoms with E-state index in [4.69, 9.17) is 5.73 Å². The number of aryl methyl sites for hydroxylation is 1. The Bertz CT molecular complexity index is 2260. The Kier molecular flexibility index (Phi) is 8.04. The van der Waals surface area contributed by atoms with Crippen LogP contribution in [-0.2, 0) is 40.4 Å². The maximum Gasteiger partial charge on any atom is 0.295 e. The molecule has 4 rings (SSSR count). The molecule has 0 aliphatic rings. The summed E-state index contributed by atoms with van der Waals surface area (Å²) < 4.78 is 130. The van der Waals surface area contributed by atoms with E-state index in [9.17, 15) is 52.1 Å². The number of carbonyl (C=O) groups excluding carboxylic acids is 1. The minimum atomic E-state index is -5.34. The van der Waals surface area contributed by atoms with Crippen LogP contribution in [0.3, 0.4) is 0 Å². The fourth-order valence-electron chi connectivity index (χ4n) is 3.98. The summed E-state index contributed by atoms with van der Waals surface area (Å²) in [5.41, 5.74) is 5.83. The van der Waals surface area contributed by atoms with Gasteiger partial charge in [0.15, 0.2) is 0 Å². The lowest BCUT2D eigenvalue weighted by Gasteiger charge is -2.16. The standard InChI is InChI=1S/C24H21N3O12S4/c1-13-5-6-17(10-20(13)26-24(28)14-3-2-4-16(25)7-14)40(29,30)27-21-11-18(41(31,32)33)8-15-9-19(42(34,35)36)12-22(23(15)21)43(37,38)39/h2-12,27H,25H2,1H3,(H,26,28)(H,31,32,33)(H,34,35,36)(H,37,38,39). The molecule has 0 bridgehead atoms. The molecule has 4 aromatic carbocycles. The number of nitrogen functional groups attached to an aromatic ring is 1. The van der Waals surface area contributed by atoms with E-state index < -0.39 is 82.3 Å². The summed E-state index contributed by atoms with van der Waals surface area (Å²) in [6.45, 7) is 1.56. The third kappa shape index (κ3) is 6.94. The quantitative estimate of drug-likeness (QED) is 0.116. The highest BCUT2D eigenvalue weighted by Crippen LogP contribution is 2.36. The second-order valence-corrected chi connectivity index (χ2v) is 15.0. The van der Waals surface area contributed by atoms with E-state index in [-0.39, 0.29) is 11.3 Å². The van der Waals surface area contributed by atoms with E-state index in [0.717, 1.165) is 12.1 Å². The third-order valence-corrected chi connectivity index (χ3v) is 9.90. The molecule has 0 aliphatic heterocycles. The lowest BCUT2D eigenvalue weighted by atomic mass is 10.1. The normalized spacial score (nSPS) is 12.7. The Morgan fingerprint density at radius 1 is 0.698 bits per heavy atom. The van der Waals surface area contributed by atoms with Gasteiger partial charge in [0, 0.05) is 22.3 Å². The van der Waals surface area contributed by atoms with Crippen LogP contribution in [0.4, 0.5) is 17.1 Å². The molecule has 43 heavy (non-hydrogen) atoms. The molecular formula is C24H21N3O12S4. The second-order valence-electron chi connectivity index (χ2n) is 9.08. The number of nitrogens with one attached hydrogen (secondary N) is 2. The van der Waals surface area contributed by atoms with Crippen molar-refractivity contribution in [1.29, 1.82) is 0 Å². The van der Waals surface area contributed by atoms with Crippen LogP contribution in [0.5, 0.6) is 0 Å². The van der Waals surface area contributed by atoms with Crippen LogP contribution >= 0.6 is 0 Å². The van der Waals surface area contributed by atoms with Crippen LogP contribution in [0.15, 0.2) is 86.3 Å². The van der Waals surface area contributed by atoms with Gasteiger partial charge in [-0.25, -0.2) is 8.42 Å². The summed E-state index contributed by atoms with van der Waals surface area (Å²) >= 11 is 0. The molecule has 1 amide bonds. The first-order valence-corrected chi connectivity index (χ1v) is 17.3. The van der Waals surface area contributed by atoms with Gasteiger partial charge >= 0.3 is 0 Å². The van der Waals surface area contributed by atoms with Gasteiger partial charge in [-0.15, -0.1) is 0 Å². The van der Waals surface area contributed by atoms with Crippen molar-refractivity contribution in [2.45, 2.75) is 26.5 Å². The van der Waals surface area contributed by atoms with E-state index in [1.807, 2.05) is 4.72 Å². The van der Waals surface area contributed by atoms with Gasteiger partial charge in [0.1, 0.15) is 4.90 Å². The van der Waals surface area contributed by atoms with Crippen molar-refractivity contribution in [3.05, 3.63) is 77.9 Å². The van der Waals surface area contributed by atoms with Crippen molar-refractivity contribution in [1.82, 2.24) is 0 Å². The monoisotopic (exact) mass is 671 g/mol. The third-order valence-electron chi connectivity index (χ3n) is 5.99. The van der Waals surface area contributed by atoms with Crippen molar-refractivity contribution in [3.8, 4) is 0 Å². The molecule has 0 saturated carbocycles. The first-order chi connectivity index (χ1) is 19.7. The van der Waals surface area contributed by atoms with Gasteiger partial charge < -0.3 is 11.1 Å².